The van der Waals surface area contributed by atoms with E-state index < -0.39 is 10.5 Å². The summed E-state index contributed by atoms with van der Waals surface area (Å²) >= 11 is 0. The average Bonchev–Trinajstić information content (AvgIpc) is 2.73. The highest BCUT2D eigenvalue weighted by atomic mass is 16.6. The Morgan fingerprint density at radius 3 is 2.68 bits per heavy atom. The van der Waals surface area contributed by atoms with Crippen molar-refractivity contribution in [1.29, 1.82) is 0 Å². The van der Waals surface area contributed by atoms with E-state index in [1.807, 2.05) is 0 Å². The Morgan fingerprint density at radius 2 is 2.26 bits per heavy atom. The van der Waals surface area contributed by atoms with Crippen LogP contribution in [-0.4, -0.2) is 49.3 Å². The van der Waals surface area contributed by atoms with Crippen LogP contribution < -0.4 is 0 Å². The molecule has 0 fully saturated rings. The van der Waals surface area contributed by atoms with Gasteiger partial charge in [-0.15, -0.1) is 0 Å². The molecule has 1 heterocycles. The lowest BCUT2D eigenvalue weighted by Crippen LogP contribution is -2.43. The zero-order chi connectivity index (χ0) is 14.6. The molecule has 1 N–H and O–H groups in total. The van der Waals surface area contributed by atoms with Crippen LogP contribution in [0.5, 0.6) is 0 Å². The van der Waals surface area contributed by atoms with Gasteiger partial charge >= 0.3 is 5.69 Å². The molecule has 1 aromatic rings. The van der Waals surface area contributed by atoms with Crippen LogP contribution in [0, 0.1) is 10.1 Å². The van der Waals surface area contributed by atoms with Crippen molar-refractivity contribution < 1.29 is 14.8 Å². The number of aromatic nitrogens is 2. The normalized spacial score (nSPS) is 11.4. The first kappa shape index (κ1) is 15.1. The predicted molar refractivity (Wildman–Crippen MR) is 67.4 cm³/mol. The largest absolute Gasteiger partial charge is 0.389 e. The van der Waals surface area contributed by atoms with Crippen molar-refractivity contribution in [3.63, 3.8) is 0 Å². The lowest BCUT2D eigenvalue weighted by molar-refractivity contribution is -0.385. The second-order valence-corrected chi connectivity index (χ2v) is 4.87. The number of aliphatic hydroxyl groups is 1. The number of nitro groups is 1. The first-order valence-corrected chi connectivity index (χ1v) is 5.90. The Hall–Kier alpha value is -1.96. The zero-order valence-electron chi connectivity index (χ0n) is 11.2. The van der Waals surface area contributed by atoms with Crippen LogP contribution in [0.1, 0.15) is 20.8 Å². The first-order valence-electron chi connectivity index (χ1n) is 5.90. The highest BCUT2D eigenvalue weighted by Crippen LogP contribution is 2.09. The van der Waals surface area contributed by atoms with E-state index in [1.165, 1.54) is 15.8 Å². The van der Waals surface area contributed by atoms with Gasteiger partial charge in [0.05, 0.1) is 10.5 Å². The molecule has 0 unspecified atom stereocenters. The highest BCUT2D eigenvalue weighted by molar-refractivity contribution is 5.76. The molecule has 0 saturated heterocycles. The van der Waals surface area contributed by atoms with Gasteiger partial charge in [-0.25, -0.2) is 0 Å². The van der Waals surface area contributed by atoms with Crippen molar-refractivity contribution in [2.24, 2.45) is 0 Å². The first-order chi connectivity index (χ1) is 8.73. The van der Waals surface area contributed by atoms with Crippen LogP contribution in [0.25, 0.3) is 0 Å². The number of nitrogens with zero attached hydrogens (tertiary/aromatic N) is 4. The fraction of sp³-hybridized carbons (Fsp3) is 0.636. The standard InChI is InChI=1S/C11H18N4O4/c1-4-13(8-11(2,3)17)10(16)7-14-6-9(5-12-14)15(18)19/h5-6,17H,4,7-8H2,1-3H3. The third kappa shape index (κ3) is 4.66. The summed E-state index contributed by atoms with van der Waals surface area (Å²) < 4.78 is 1.22. The second kappa shape index (κ2) is 5.79. The van der Waals surface area contributed by atoms with Crippen LogP contribution in [0.2, 0.25) is 0 Å². The molecule has 0 aromatic carbocycles. The molecule has 0 aliphatic rings. The van der Waals surface area contributed by atoms with Crippen molar-refractivity contribution in [3.05, 3.63) is 22.5 Å². The van der Waals surface area contributed by atoms with Gasteiger partial charge in [0, 0.05) is 13.1 Å². The molecule has 8 nitrogen and oxygen atoms in total. The minimum Gasteiger partial charge on any atom is -0.389 e. The number of hydrogen-bond acceptors (Lipinski definition) is 5. The van der Waals surface area contributed by atoms with E-state index in [1.54, 1.807) is 20.8 Å². The Labute approximate surface area is 110 Å². The lowest BCUT2D eigenvalue weighted by Gasteiger charge is -2.28. The Morgan fingerprint density at radius 1 is 1.63 bits per heavy atom. The number of carbonyl (C=O) groups is 1. The van der Waals surface area contributed by atoms with Crippen LogP contribution in [0.3, 0.4) is 0 Å². The summed E-state index contributed by atoms with van der Waals surface area (Å²) in [5, 5.41) is 24.0. The van der Waals surface area contributed by atoms with E-state index in [-0.39, 0.29) is 24.7 Å². The van der Waals surface area contributed by atoms with Gasteiger partial charge in [-0.05, 0) is 20.8 Å². The summed E-state index contributed by atoms with van der Waals surface area (Å²) in [7, 11) is 0. The molecule has 0 aliphatic heterocycles. The van der Waals surface area contributed by atoms with E-state index in [0.717, 1.165) is 6.20 Å². The van der Waals surface area contributed by atoms with Gasteiger partial charge in [0.25, 0.3) is 0 Å². The quantitative estimate of drug-likeness (QED) is 0.596. The summed E-state index contributed by atoms with van der Waals surface area (Å²) in [6.07, 6.45) is 2.30. The fourth-order valence-electron chi connectivity index (χ4n) is 1.62. The number of carbonyl (C=O) groups excluding carboxylic acids is 1. The van der Waals surface area contributed by atoms with E-state index >= 15 is 0 Å². The third-order valence-electron chi connectivity index (χ3n) is 2.44. The lowest BCUT2D eigenvalue weighted by atomic mass is 10.1. The van der Waals surface area contributed by atoms with Crippen molar-refractivity contribution in [2.75, 3.05) is 13.1 Å². The zero-order valence-corrected chi connectivity index (χ0v) is 11.2. The van der Waals surface area contributed by atoms with Crippen LogP contribution in [0.4, 0.5) is 5.69 Å². The molecule has 0 aliphatic carbocycles. The number of hydrogen-bond donors (Lipinski definition) is 1. The molecule has 1 amide bonds. The molecular weight excluding hydrogens is 252 g/mol. The molecule has 1 rings (SSSR count). The van der Waals surface area contributed by atoms with E-state index in [0.29, 0.717) is 6.54 Å². The van der Waals surface area contributed by atoms with Gasteiger partial charge in [0.2, 0.25) is 5.91 Å². The van der Waals surface area contributed by atoms with Crippen molar-refractivity contribution in [2.45, 2.75) is 32.9 Å². The van der Waals surface area contributed by atoms with Crippen molar-refractivity contribution in [3.8, 4) is 0 Å². The molecule has 19 heavy (non-hydrogen) atoms. The molecule has 106 valence electrons. The fourth-order valence-corrected chi connectivity index (χ4v) is 1.62. The van der Waals surface area contributed by atoms with Crippen LogP contribution in [0.15, 0.2) is 12.4 Å². The van der Waals surface area contributed by atoms with E-state index in [4.69, 9.17) is 0 Å². The molecular formula is C11H18N4O4. The minimum absolute atomic E-state index is 0.0856. The highest BCUT2D eigenvalue weighted by Gasteiger charge is 2.22. The predicted octanol–water partition coefficient (Wildman–Crippen LogP) is 0.411. The van der Waals surface area contributed by atoms with Crippen molar-refractivity contribution in [1.82, 2.24) is 14.7 Å². The topological polar surface area (TPSA) is 102 Å². The van der Waals surface area contributed by atoms with Gasteiger partial charge in [-0.3, -0.25) is 19.6 Å². The molecule has 1 aromatic heterocycles. The summed E-state index contributed by atoms with van der Waals surface area (Å²) in [6.45, 7) is 5.59. The van der Waals surface area contributed by atoms with E-state index in [9.17, 15) is 20.0 Å². The van der Waals surface area contributed by atoms with Crippen LogP contribution in [-0.2, 0) is 11.3 Å². The second-order valence-electron chi connectivity index (χ2n) is 4.87. The Kier molecular flexibility index (Phi) is 4.60. The number of amides is 1. The van der Waals surface area contributed by atoms with Gasteiger partial charge in [-0.2, -0.15) is 5.10 Å². The maximum atomic E-state index is 12.0. The van der Waals surface area contributed by atoms with Gasteiger partial charge in [-0.1, -0.05) is 0 Å². The average molecular weight is 270 g/mol. The Bertz CT molecular complexity index is 464. The maximum Gasteiger partial charge on any atom is 0.307 e. The molecule has 0 radical (unpaired) electrons. The summed E-state index contributed by atoms with van der Waals surface area (Å²) in [6, 6.07) is 0. The number of likely N-dealkylation sites (N-methyl/N-ethyl adjacent to an activating group) is 1. The van der Waals surface area contributed by atoms with E-state index in [2.05, 4.69) is 5.10 Å². The van der Waals surface area contributed by atoms with Gasteiger partial charge in [0.1, 0.15) is 18.9 Å². The molecule has 0 saturated carbocycles. The summed E-state index contributed by atoms with van der Waals surface area (Å²) in [4.78, 5) is 23.4. The number of rotatable bonds is 6. The smallest absolute Gasteiger partial charge is 0.307 e. The van der Waals surface area contributed by atoms with Gasteiger partial charge < -0.3 is 10.0 Å². The maximum absolute atomic E-state index is 12.0. The SMILES string of the molecule is CCN(CC(C)(C)O)C(=O)Cn1cc([N+](=O)[O-])cn1. The molecule has 0 atom stereocenters. The van der Waals surface area contributed by atoms with Crippen molar-refractivity contribution >= 4 is 11.6 Å². The van der Waals surface area contributed by atoms with Crippen LogP contribution >= 0.6 is 0 Å². The molecule has 8 heteroatoms. The Balaban J connectivity index is 2.68. The monoisotopic (exact) mass is 270 g/mol. The third-order valence-corrected chi connectivity index (χ3v) is 2.44. The summed E-state index contributed by atoms with van der Waals surface area (Å²) in [5.41, 5.74) is -1.14. The molecule has 0 bridgehead atoms. The summed E-state index contributed by atoms with van der Waals surface area (Å²) in [5.74, 6) is -0.248. The minimum atomic E-state index is -0.984. The van der Waals surface area contributed by atoms with Gasteiger partial charge in [0.15, 0.2) is 0 Å². The molecule has 0 spiro atoms.